The van der Waals surface area contributed by atoms with Gasteiger partial charge in [-0.15, -0.1) is 11.3 Å². The van der Waals surface area contributed by atoms with E-state index in [0.29, 0.717) is 24.7 Å². The molecule has 2 nitrogen and oxygen atoms in total. The largest absolute Gasteiger partial charge is 0.329 e. The van der Waals surface area contributed by atoms with Crippen molar-refractivity contribution in [3.8, 4) is 0 Å². The van der Waals surface area contributed by atoms with Gasteiger partial charge in [0, 0.05) is 33.4 Å². The Kier molecular flexibility index (Phi) is 4.64. The summed E-state index contributed by atoms with van der Waals surface area (Å²) >= 11 is 5.35. The summed E-state index contributed by atoms with van der Waals surface area (Å²) in [5.74, 6) is 0. The van der Waals surface area contributed by atoms with Crippen LogP contribution in [0, 0.1) is 0 Å². The zero-order valence-electron chi connectivity index (χ0n) is 10.5. The second-order valence-corrected chi connectivity index (χ2v) is 6.71. The molecule has 3 atom stereocenters. The Hall–Kier alpha value is 0.1000. The maximum Gasteiger partial charge on any atom is 0.0569 e. The summed E-state index contributed by atoms with van der Waals surface area (Å²) in [6.07, 6.45) is 3.86. The minimum absolute atomic E-state index is 0.397. The molecule has 3 unspecified atom stereocenters. The molecule has 2 rings (SSSR count). The fraction of sp³-hybridized carbons (Fsp3) is 0.692. The molecular formula is C13H21BrN2S. The maximum atomic E-state index is 6.02. The second kappa shape index (κ2) is 5.83. The molecule has 96 valence electrons. The van der Waals surface area contributed by atoms with Crippen molar-refractivity contribution in [3.05, 3.63) is 20.8 Å². The van der Waals surface area contributed by atoms with E-state index in [2.05, 4.69) is 46.1 Å². The lowest BCUT2D eigenvalue weighted by atomic mass is 10.1. The molecule has 1 aliphatic rings. The number of halogens is 1. The van der Waals surface area contributed by atoms with E-state index >= 15 is 0 Å². The summed E-state index contributed by atoms with van der Waals surface area (Å²) in [5, 5.41) is 2.15. The van der Waals surface area contributed by atoms with Crippen LogP contribution in [0.4, 0.5) is 0 Å². The second-order valence-electron chi connectivity index (χ2n) is 4.85. The van der Waals surface area contributed by atoms with Gasteiger partial charge >= 0.3 is 0 Å². The lowest BCUT2D eigenvalue weighted by Crippen LogP contribution is -2.40. The van der Waals surface area contributed by atoms with Gasteiger partial charge in [0.25, 0.3) is 0 Å². The van der Waals surface area contributed by atoms with Crippen LogP contribution in [0.15, 0.2) is 15.9 Å². The summed E-state index contributed by atoms with van der Waals surface area (Å²) in [5.41, 5.74) is 6.02. The average molecular weight is 317 g/mol. The maximum absolute atomic E-state index is 6.02. The number of nitrogens with two attached hydrogens (primary N) is 1. The minimum Gasteiger partial charge on any atom is -0.329 e. The third kappa shape index (κ3) is 2.75. The van der Waals surface area contributed by atoms with Crippen LogP contribution in [0.1, 0.15) is 44.0 Å². The standard InChI is InChI=1S/C13H21BrN2S/c1-3-11-5-4-9(2)16(11)12(7-15)13-6-10(14)8-17-13/h6,8-9,11-12H,3-5,7,15H2,1-2H3. The van der Waals surface area contributed by atoms with E-state index < -0.39 is 0 Å². The van der Waals surface area contributed by atoms with Crippen LogP contribution in [0.25, 0.3) is 0 Å². The molecule has 2 N–H and O–H groups in total. The van der Waals surface area contributed by atoms with E-state index in [4.69, 9.17) is 5.73 Å². The van der Waals surface area contributed by atoms with Crippen LogP contribution in [0.5, 0.6) is 0 Å². The molecule has 0 radical (unpaired) electrons. The Morgan fingerprint density at radius 3 is 2.88 bits per heavy atom. The van der Waals surface area contributed by atoms with E-state index in [9.17, 15) is 0 Å². The van der Waals surface area contributed by atoms with Crippen molar-refractivity contribution in [1.82, 2.24) is 4.90 Å². The molecule has 1 aliphatic heterocycles. The molecule has 0 saturated carbocycles. The molecule has 0 aromatic carbocycles. The third-order valence-electron chi connectivity index (χ3n) is 3.82. The summed E-state index contributed by atoms with van der Waals surface area (Å²) in [6.45, 7) is 5.34. The number of nitrogens with zero attached hydrogens (tertiary/aromatic N) is 1. The lowest BCUT2D eigenvalue weighted by Gasteiger charge is -2.34. The Morgan fingerprint density at radius 1 is 1.59 bits per heavy atom. The fourth-order valence-electron chi connectivity index (χ4n) is 2.96. The van der Waals surface area contributed by atoms with Crippen LogP contribution >= 0.6 is 27.3 Å². The Bertz CT molecular complexity index is 366. The van der Waals surface area contributed by atoms with Gasteiger partial charge in [-0.25, -0.2) is 0 Å². The molecule has 1 saturated heterocycles. The lowest BCUT2D eigenvalue weighted by molar-refractivity contribution is 0.139. The molecule has 2 heterocycles. The van der Waals surface area contributed by atoms with Crippen molar-refractivity contribution in [1.29, 1.82) is 0 Å². The molecule has 0 aliphatic carbocycles. The third-order valence-corrected chi connectivity index (χ3v) is 5.61. The predicted molar refractivity (Wildman–Crippen MR) is 78.4 cm³/mol. The molecular weight excluding hydrogens is 296 g/mol. The summed E-state index contributed by atoms with van der Waals surface area (Å²) in [6, 6.07) is 3.99. The SMILES string of the molecule is CCC1CCC(C)N1C(CN)c1cc(Br)cs1. The van der Waals surface area contributed by atoms with Gasteiger partial charge in [-0.05, 0) is 48.2 Å². The van der Waals surface area contributed by atoms with E-state index in [1.54, 1.807) is 0 Å². The number of hydrogen-bond donors (Lipinski definition) is 1. The first kappa shape index (κ1) is 13.5. The van der Waals surface area contributed by atoms with Crippen molar-refractivity contribution < 1.29 is 0 Å². The molecule has 0 bridgehead atoms. The van der Waals surface area contributed by atoms with Gasteiger partial charge in [-0.1, -0.05) is 6.92 Å². The summed E-state index contributed by atoms with van der Waals surface area (Å²) in [7, 11) is 0. The van der Waals surface area contributed by atoms with E-state index in [1.807, 2.05) is 11.3 Å². The zero-order chi connectivity index (χ0) is 12.4. The highest BCUT2D eigenvalue weighted by Crippen LogP contribution is 2.37. The Morgan fingerprint density at radius 2 is 2.35 bits per heavy atom. The number of likely N-dealkylation sites (tertiary alicyclic amines) is 1. The number of thiophene rings is 1. The van der Waals surface area contributed by atoms with E-state index in [-0.39, 0.29) is 0 Å². The van der Waals surface area contributed by atoms with E-state index in [0.717, 1.165) is 0 Å². The highest BCUT2D eigenvalue weighted by atomic mass is 79.9. The minimum atomic E-state index is 0.397. The van der Waals surface area contributed by atoms with E-state index in [1.165, 1.54) is 28.6 Å². The smallest absolute Gasteiger partial charge is 0.0569 e. The van der Waals surface area contributed by atoms with Crippen LogP contribution in [-0.2, 0) is 0 Å². The first-order valence-corrected chi connectivity index (χ1v) is 8.06. The highest BCUT2D eigenvalue weighted by molar-refractivity contribution is 9.10. The summed E-state index contributed by atoms with van der Waals surface area (Å²) < 4.78 is 1.18. The highest BCUT2D eigenvalue weighted by Gasteiger charge is 2.35. The monoisotopic (exact) mass is 316 g/mol. The van der Waals surface area contributed by atoms with Gasteiger partial charge in [0.15, 0.2) is 0 Å². The van der Waals surface area contributed by atoms with Crippen LogP contribution in [0.2, 0.25) is 0 Å². The first-order chi connectivity index (χ1) is 8.17. The molecule has 0 amide bonds. The van der Waals surface area contributed by atoms with Crippen molar-refractivity contribution in [2.24, 2.45) is 5.73 Å². The van der Waals surface area contributed by atoms with Crippen LogP contribution < -0.4 is 5.73 Å². The van der Waals surface area contributed by atoms with Crippen molar-refractivity contribution >= 4 is 27.3 Å². The van der Waals surface area contributed by atoms with Gasteiger partial charge in [0.1, 0.15) is 0 Å². The van der Waals surface area contributed by atoms with Gasteiger partial charge < -0.3 is 5.73 Å². The van der Waals surface area contributed by atoms with Crippen molar-refractivity contribution in [2.45, 2.75) is 51.2 Å². The van der Waals surface area contributed by atoms with Crippen LogP contribution in [0.3, 0.4) is 0 Å². The van der Waals surface area contributed by atoms with Crippen molar-refractivity contribution in [3.63, 3.8) is 0 Å². The van der Waals surface area contributed by atoms with Gasteiger partial charge in [-0.2, -0.15) is 0 Å². The average Bonchev–Trinajstić information content (AvgIpc) is 2.89. The Labute approximate surface area is 116 Å². The fourth-order valence-corrected chi connectivity index (χ4v) is 4.52. The molecule has 1 aromatic rings. The molecule has 1 fully saturated rings. The normalized spacial score (nSPS) is 27.5. The zero-order valence-corrected chi connectivity index (χ0v) is 12.9. The predicted octanol–water partition coefficient (Wildman–Crippen LogP) is 3.77. The molecule has 1 aromatic heterocycles. The molecule has 4 heteroatoms. The van der Waals surface area contributed by atoms with Gasteiger partial charge in [0.2, 0.25) is 0 Å². The Balaban J connectivity index is 2.22. The first-order valence-electron chi connectivity index (χ1n) is 6.38. The number of hydrogen-bond acceptors (Lipinski definition) is 3. The van der Waals surface area contributed by atoms with Gasteiger partial charge in [0.05, 0.1) is 6.04 Å². The number of rotatable bonds is 4. The topological polar surface area (TPSA) is 29.3 Å². The van der Waals surface area contributed by atoms with Crippen LogP contribution in [-0.4, -0.2) is 23.5 Å². The van der Waals surface area contributed by atoms with Gasteiger partial charge in [-0.3, -0.25) is 4.90 Å². The van der Waals surface area contributed by atoms with Crippen molar-refractivity contribution in [2.75, 3.05) is 6.54 Å². The summed E-state index contributed by atoms with van der Waals surface area (Å²) in [4.78, 5) is 4.03. The quantitative estimate of drug-likeness (QED) is 0.916. The molecule has 17 heavy (non-hydrogen) atoms. The molecule has 0 spiro atoms.